The lowest BCUT2D eigenvalue weighted by molar-refractivity contribution is -0.149. The van der Waals surface area contributed by atoms with E-state index in [4.69, 9.17) is 4.74 Å². The summed E-state index contributed by atoms with van der Waals surface area (Å²) >= 11 is 0. The van der Waals surface area contributed by atoms with Crippen LogP contribution in [0.5, 0.6) is 0 Å². The first kappa shape index (κ1) is 14.6. The number of hydrogen-bond donors (Lipinski definition) is 0. The van der Waals surface area contributed by atoms with Crippen molar-refractivity contribution in [3.8, 4) is 0 Å². The maximum absolute atomic E-state index is 13.0. The number of piperidine rings is 1. The fraction of sp³-hybridized carbons (Fsp3) is 0.667. The molecule has 1 saturated heterocycles. The number of likely N-dealkylation sites (tertiary alicyclic amines) is 1. The van der Waals surface area contributed by atoms with E-state index in [0.29, 0.717) is 12.0 Å². The van der Waals surface area contributed by atoms with E-state index in [1.807, 2.05) is 0 Å². The molecule has 0 saturated carbocycles. The number of halogens is 2. The van der Waals surface area contributed by atoms with Crippen molar-refractivity contribution < 1.29 is 23.1 Å². The van der Waals surface area contributed by atoms with E-state index >= 15 is 0 Å². The van der Waals surface area contributed by atoms with Gasteiger partial charge in [-0.15, -0.1) is 0 Å². The van der Waals surface area contributed by atoms with E-state index in [1.165, 1.54) is 11.1 Å². The third-order valence-corrected chi connectivity index (χ3v) is 2.72. The van der Waals surface area contributed by atoms with E-state index in [1.54, 1.807) is 13.8 Å². The zero-order valence-corrected chi connectivity index (χ0v) is 10.5. The van der Waals surface area contributed by atoms with Gasteiger partial charge in [-0.2, -0.15) is 8.78 Å². The Labute approximate surface area is 105 Å². The molecule has 1 fully saturated rings. The standard InChI is InChI=1S/C12H17F2NO3/c1-3-9(11(17)18-4-2)7-15-6-5-12(13,14)10(16)8-15/h7H,3-6,8H2,1-2H3. The first-order chi connectivity index (χ1) is 8.40. The Hall–Kier alpha value is -1.46. The molecule has 0 atom stereocenters. The largest absolute Gasteiger partial charge is 0.463 e. The fourth-order valence-electron chi connectivity index (χ4n) is 1.65. The van der Waals surface area contributed by atoms with Gasteiger partial charge in [0.1, 0.15) is 0 Å². The summed E-state index contributed by atoms with van der Waals surface area (Å²) in [5, 5.41) is 0. The van der Waals surface area contributed by atoms with Crippen molar-refractivity contribution >= 4 is 11.8 Å². The summed E-state index contributed by atoms with van der Waals surface area (Å²) in [6.45, 7) is 3.41. The number of Topliss-reactive ketones (excluding diaryl/α,β-unsaturated/α-hetero) is 1. The highest BCUT2D eigenvalue weighted by atomic mass is 19.3. The fourth-order valence-corrected chi connectivity index (χ4v) is 1.65. The molecular weight excluding hydrogens is 244 g/mol. The third kappa shape index (κ3) is 3.51. The number of ether oxygens (including phenoxy) is 1. The number of rotatable bonds is 4. The molecule has 0 N–H and O–H groups in total. The Balaban J connectivity index is 2.71. The highest BCUT2D eigenvalue weighted by Gasteiger charge is 2.42. The van der Waals surface area contributed by atoms with Crippen molar-refractivity contribution in [1.82, 2.24) is 4.90 Å². The number of esters is 1. The predicted molar refractivity (Wildman–Crippen MR) is 61.2 cm³/mol. The molecular formula is C12H17F2NO3. The molecule has 0 radical (unpaired) electrons. The lowest BCUT2D eigenvalue weighted by Crippen LogP contribution is -2.45. The third-order valence-electron chi connectivity index (χ3n) is 2.72. The highest BCUT2D eigenvalue weighted by Crippen LogP contribution is 2.25. The molecule has 1 heterocycles. The Morgan fingerprint density at radius 3 is 2.67 bits per heavy atom. The summed E-state index contributed by atoms with van der Waals surface area (Å²) in [6.07, 6.45) is 1.37. The summed E-state index contributed by atoms with van der Waals surface area (Å²) in [6, 6.07) is 0. The molecule has 0 spiro atoms. The second-order valence-electron chi connectivity index (χ2n) is 4.08. The minimum absolute atomic E-state index is 0.0572. The van der Waals surface area contributed by atoms with E-state index in [9.17, 15) is 18.4 Å². The Kier molecular flexibility index (Phi) is 4.81. The Bertz CT molecular complexity index is 366. The Morgan fingerprint density at radius 1 is 1.50 bits per heavy atom. The normalized spacial score (nSPS) is 19.9. The molecule has 102 valence electrons. The van der Waals surface area contributed by atoms with E-state index < -0.39 is 24.1 Å². The number of carbonyl (C=O) groups is 2. The van der Waals surface area contributed by atoms with Crippen molar-refractivity contribution in [2.45, 2.75) is 32.6 Å². The molecule has 0 aromatic carbocycles. The summed E-state index contributed by atoms with van der Waals surface area (Å²) in [5.41, 5.74) is 0.384. The molecule has 0 amide bonds. The van der Waals surface area contributed by atoms with Gasteiger partial charge < -0.3 is 9.64 Å². The molecule has 0 aliphatic carbocycles. The van der Waals surface area contributed by atoms with Crippen LogP contribution in [0.15, 0.2) is 11.8 Å². The monoisotopic (exact) mass is 261 g/mol. The van der Waals surface area contributed by atoms with Gasteiger partial charge in [0.25, 0.3) is 0 Å². The first-order valence-electron chi connectivity index (χ1n) is 5.93. The van der Waals surface area contributed by atoms with Crippen LogP contribution in [-0.2, 0) is 14.3 Å². The van der Waals surface area contributed by atoms with Gasteiger partial charge in [0, 0.05) is 19.2 Å². The maximum Gasteiger partial charge on any atom is 0.335 e. The van der Waals surface area contributed by atoms with Gasteiger partial charge in [-0.3, -0.25) is 4.79 Å². The summed E-state index contributed by atoms with van der Waals surface area (Å²) in [5.74, 6) is -4.81. The first-order valence-corrected chi connectivity index (χ1v) is 5.93. The van der Waals surface area contributed by atoms with Crippen LogP contribution in [0, 0.1) is 0 Å². The van der Waals surface area contributed by atoms with Crippen LogP contribution in [0.25, 0.3) is 0 Å². The van der Waals surface area contributed by atoms with Gasteiger partial charge in [-0.25, -0.2) is 4.79 Å². The van der Waals surface area contributed by atoms with E-state index in [0.717, 1.165) is 0 Å². The highest BCUT2D eigenvalue weighted by molar-refractivity contribution is 5.90. The molecule has 0 aromatic heterocycles. The van der Waals surface area contributed by atoms with Crippen LogP contribution in [0.4, 0.5) is 8.78 Å². The maximum atomic E-state index is 13.0. The second kappa shape index (κ2) is 5.93. The van der Waals surface area contributed by atoms with Gasteiger partial charge in [0.05, 0.1) is 18.7 Å². The number of carbonyl (C=O) groups excluding carboxylic acids is 2. The molecule has 1 aliphatic rings. The van der Waals surface area contributed by atoms with E-state index in [-0.39, 0.29) is 19.7 Å². The lowest BCUT2D eigenvalue weighted by atomic mass is 10.1. The molecule has 0 unspecified atom stereocenters. The van der Waals surface area contributed by atoms with Gasteiger partial charge in [-0.1, -0.05) is 6.92 Å². The van der Waals surface area contributed by atoms with Crippen LogP contribution in [0.1, 0.15) is 26.7 Å². The van der Waals surface area contributed by atoms with Crippen LogP contribution >= 0.6 is 0 Å². The summed E-state index contributed by atoms with van der Waals surface area (Å²) in [4.78, 5) is 24.1. The van der Waals surface area contributed by atoms with Crippen molar-refractivity contribution in [2.24, 2.45) is 0 Å². The van der Waals surface area contributed by atoms with Crippen LogP contribution < -0.4 is 0 Å². The molecule has 4 nitrogen and oxygen atoms in total. The number of nitrogens with zero attached hydrogens (tertiary/aromatic N) is 1. The number of ketones is 1. The molecule has 1 rings (SSSR count). The van der Waals surface area contributed by atoms with Crippen LogP contribution in [0.2, 0.25) is 0 Å². The van der Waals surface area contributed by atoms with Crippen molar-refractivity contribution in [2.75, 3.05) is 19.7 Å². The molecule has 0 bridgehead atoms. The van der Waals surface area contributed by atoms with Crippen LogP contribution in [0.3, 0.4) is 0 Å². The molecule has 6 heteroatoms. The average Bonchev–Trinajstić information content (AvgIpc) is 2.31. The number of alkyl halides is 2. The van der Waals surface area contributed by atoms with E-state index in [2.05, 4.69) is 0 Å². The van der Waals surface area contributed by atoms with Gasteiger partial charge in [0.2, 0.25) is 5.78 Å². The zero-order valence-electron chi connectivity index (χ0n) is 10.5. The predicted octanol–water partition coefficient (Wildman–Crippen LogP) is 1.75. The summed E-state index contributed by atoms with van der Waals surface area (Å²) in [7, 11) is 0. The van der Waals surface area contributed by atoms with Crippen LogP contribution in [-0.4, -0.2) is 42.3 Å². The smallest absolute Gasteiger partial charge is 0.335 e. The second-order valence-corrected chi connectivity index (χ2v) is 4.08. The Morgan fingerprint density at radius 2 is 2.17 bits per heavy atom. The van der Waals surface area contributed by atoms with Crippen molar-refractivity contribution in [1.29, 1.82) is 0 Å². The quantitative estimate of drug-likeness (QED) is 0.571. The van der Waals surface area contributed by atoms with Gasteiger partial charge >= 0.3 is 11.9 Å². The van der Waals surface area contributed by atoms with Gasteiger partial charge in [-0.05, 0) is 13.3 Å². The lowest BCUT2D eigenvalue weighted by Gasteiger charge is -2.30. The SMILES string of the molecule is CCOC(=O)C(=CN1CCC(F)(F)C(=O)C1)CC. The minimum Gasteiger partial charge on any atom is -0.463 e. The summed E-state index contributed by atoms with van der Waals surface area (Å²) < 4.78 is 30.8. The zero-order chi connectivity index (χ0) is 13.8. The number of hydrogen-bond acceptors (Lipinski definition) is 4. The average molecular weight is 261 g/mol. The van der Waals surface area contributed by atoms with Crippen molar-refractivity contribution in [3.05, 3.63) is 11.8 Å². The molecule has 1 aliphatic heterocycles. The topological polar surface area (TPSA) is 46.6 Å². The molecule has 18 heavy (non-hydrogen) atoms. The van der Waals surface area contributed by atoms with Gasteiger partial charge in [0.15, 0.2) is 0 Å². The molecule has 0 aromatic rings. The van der Waals surface area contributed by atoms with Crippen molar-refractivity contribution in [3.63, 3.8) is 0 Å². The minimum atomic E-state index is -3.24.